The lowest BCUT2D eigenvalue weighted by molar-refractivity contribution is -0.965. The highest BCUT2D eigenvalue weighted by atomic mass is 16.7. The van der Waals surface area contributed by atoms with Crippen molar-refractivity contribution in [3.8, 4) is 0 Å². The van der Waals surface area contributed by atoms with E-state index in [9.17, 15) is 30.3 Å². The summed E-state index contributed by atoms with van der Waals surface area (Å²) in [4.78, 5) is 27.2. The zero-order chi connectivity index (χ0) is 13.9. The van der Waals surface area contributed by atoms with Crippen LogP contribution < -0.4 is 11.2 Å². The SMILES string of the molecule is Nc1nnnn1NCC([N+](=O)[O-])([N+](=O)[O-])[N+](=O)[O-]. The first-order valence-corrected chi connectivity index (χ1v) is 4.03. The van der Waals surface area contributed by atoms with Crippen molar-refractivity contribution in [1.82, 2.24) is 20.3 Å². The number of nitro groups is 3. The van der Waals surface area contributed by atoms with Gasteiger partial charge in [0, 0.05) is 0 Å². The summed E-state index contributed by atoms with van der Waals surface area (Å²) in [6.07, 6.45) is 0. The van der Waals surface area contributed by atoms with Crippen molar-refractivity contribution in [2.75, 3.05) is 17.7 Å². The molecule has 15 heteroatoms. The van der Waals surface area contributed by atoms with Crippen LogP contribution >= 0.6 is 0 Å². The number of nitrogens with two attached hydrogens (primary N) is 1. The molecule has 1 aromatic rings. The van der Waals surface area contributed by atoms with Crippen molar-refractivity contribution in [3.63, 3.8) is 0 Å². The first kappa shape index (κ1) is 12.9. The number of nitrogens with one attached hydrogen (secondary N) is 1. The summed E-state index contributed by atoms with van der Waals surface area (Å²) < 4.78 is 0. The van der Waals surface area contributed by atoms with E-state index < -0.39 is 27.1 Å². The Kier molecular flexibility index (Phi) is 3.16. The van der Waals surface area contributed by atoms with E-state index in [4.69, 9.17) is 5.73 Å². The number of hydrogen-bond donors (Lipinski definition) is 2. The molecular formula is C3H5N9O6. The van der Waals surface area contributed by atoms with E-state index >= 15 is 0 Å². The molecule has 0 atom stereocenters. The lowest BCUT2D eigenvalue weighted by Crippen LogP contribution is -2.59. The summed E-state index contributed by atoms with van der Waals surface area (Å²) in [6.45, 7) is -1.30. The highest BCUT2D eigenvalue weighted by Crippen LogP contribution is 2.11. The Morgan fingerprint density at radius 2 is 1.72 bits per heavy atom. The maximum Gasteiger partial charge on any atom is 0.718 e. The van der Waals surface area contributed by atoms with Gasteiger partial charge >= 0.3 is 5.79 Å². The molecule has 0 bridgehead atoms. The van der Waals surface area contributed by atoms with Crippen LogP contribution in [0.5, 0.6) is 0 Å². The molecule has 1 rings (SSSR count). The Morgan fingerprint density at radius 1 is 1.22 bits per heavy atom. The highest BCUT2D eigenvalue weighted by molar-refractivity contribution is 5.11. The Balaban J connectivity index is 3.00. The van der Waals surface area contributed by atoms with Crippen LogP contribution in [-0.2, 0) is 0 Å². The lowest BCUT2D eigenvalue weighted by atomic mass is 10.4. The van der Waals surface area contributed by atoms with Gasteiger partial charge in [-0.05, 0) is 10.4 Å². The lowest BCUT2D eigenvalue weighted by Gasteiger charge is -2.10. The molecule has 0 saturated heterocycles. The number of anilines is 1. The van der Waals surface area contributed by atoms with Crippen LogP contribution in [0.15, 0.2) is 0 Å². The minimum atomic E-state index is -3.65. The van der Waals surface area contributed by atoms with Crippen molar-refractivity contribution in [2.24, 2.45) is 0 Å². The van der Waals surface area contributed by atoms with Crippen LogP contribution in [-0.4, -0.2) is 47.4 Å². The molecule has 0 aromatic carbocycles. The van der Waals surface area contributed by atoms with Gasteiger partial charge in [0.1, 0.15) is 0 Å². The Bertz CT molecular complexity index is 458. The van der Waals surface area contributed by atoms with E-state index in [0.29, 0.717) is 4.79 Å². The first-order chi connectivity index (χ1) is 8.32. The fourth-order valence-corrected chi connectivity index (χ4v) is 0.881. The van der Waals surface area contributed by atoms with Crippen LogP contribution in [0.4, 0.5) is 5.95 Å². The van der Waals surface area contributed by atoms with Gasteiger partial charge in [0.2, 0.25) is 0 Å². The summed E-state index contributed by atoms with van der Waals surface area (Å²) in [5.74, 6) is -4.03. The van der Waals surface area contributed by atoms with Gasteiger partial charge in [-0.25, -0.2) is 0 Å². The Hall–Kier alpha value is -3.13. The minimum Gasteiger partial charge on any atom is -0.365 e. The molecule has 3 N–H and O–H groups in total. The average molecular weight is 263 g/mol. The smallest absolute Gasteiger partial charge is 0.365 e. The van der Waals surface area contributed by atoms with Gasteiger partial charge in [-0.3, -0.25) is 35.8 Å². The molecule has 0 aliphatic heterocycles. The largest absolute Gasteiger partial charge is 0.718 e. The second-order valence-corrected chi connectivity index (χ2v) is 2.83. The van der Waals surface area contributed by atoms with E-state index in [0.717, 1.165) is 0 Å². The zero-order valence-electron chi connectivity index (χ0n) is 8.36. The second kappa shape index (κ2) is 4.39. The van der Waals surface area contributed by atoms with Gasteiger partial charge in [0.05, 0.1) is 0 Å². The molecule has 0 amide bonds. The maximum absolute atomic E-state index is 10.5. The first-order valence-electron chi connectivity index (χ1n) is 4.03. The third-order valence-corrected chi connectivity index (χ3v) is 1.84. The van der Waals surface area contributed by atoms with E-state index in [1.807, 2.05) is 5.43 Å². The summed E-state index contributed by atoms with van der Waals surface area (Å²) in [5, 5.41) is 40.9. The molecule has 0 aliphatic carbocycles. The fraction of sp³-hybridized carbons (Fsp3) is 0.667. The monoisotopic (exact) mass is 263 g/mol. The minimum absolute atomic E-state index is 0.376. The third-order valence-electron chi connectivity index (χ3n) is 1.84. The number of nitrogen functional groups attached to an aromatic ring is 1. The normalized spacial score (nSPS) is 10.9. The zero-order valence-corrected chi connectivity index (χ0v) is 8.36. The van der Waals surface area contributed by atoms with Crippen LogP contribution in [0.1, 0.15) is 0 Å². The van der Waals surface area contributed by atoms with E-state index in [2.05, 4.69) is 15.5 Å². The number of nitrogens with zero attached hydrogens (tertiary/aromatic N) is 7. The van der Waals surface area contributed by atoms with Crippen LogP contribution in [0.25, 0.3) is 0 Å². The molecule has 0 saturated carbocycles. The number of tetrazole rings is 1. The van der Waals surface area contributed by atoms with Crippen LogP contribution in [0.2, 0.25) is 0 Å². The van der Waals surface area contributed by atoms with Crippen molar-refractivity contribution >= 4 is 5.95 Å². The number of hydrogen-bond acceptors (Lipinski definition) is 11. The van der Waals surface area contributed by atoms with Crippen molar-refractivity contribution < 1.29 is 14.8 Å². The van der Waals surface area contributed by atoms with Gasteiger partial charge in [0.25, 0.3) is 12.5 Å². The van der Waals surface area contributed by atoms with E-state index in [1.54, 1.807) is 0 Å². The molecule has 15 nitrogen and oxygen atoms in total. The maximum atomic E-state index is 10.5. The summed E-state index contributed by atoms with van der Waals surface area (Å²) >= 11 is 0. The summed E-state index contributed by atoms with van der Waals surface area (Å²) in [7, 11) is 0. The summed E-state index contributed by atoms with van der Waals surface area (Å²) in [5.41, 5.74) is 7.06. The fourth-order valence-electron chi connectivity index (χ4n) is 0.881. The topological polar surface area (TPSA) is 211 Å². The van der Waals surface area contributed by atoms with Crippen LogP contribution in [0.3, 0.4) is 0 Å². The van der Waals surface area contributed by atoms with Gasteiger partial charge in [-0.1, -0.05) is 5.10 Å². The van der Waals surface area contributed by atoms with Gasteiger partial charge in [-0.2, -0.15) is 0 Å². The molecule has 18 heavy (non-hydrogen) atoms. The highest BCUT2D eigenvalue weighted by Gasteiger charge is 2.70. The van der Waals surface area contributed by atoms with Gasteiger partial charge in [0.15, 0.2) is 14.8 Å². The Morgan fingerprint density at radius 3 is 2.06 bits per heavy atom. The quantitative estimate of drug-likeness (QED) is 0.305. The predicted octanol–water partition coefficient (Wildman–Crippen LogP) is -2.72. The standard InChI is InChI=1S/C3H5N9O6/c4-2-6-7-8-9(2)5-1-3(10(13)14,11(15)16)12(17)18/h5H,1H2,(H2,4,6,8). The molecule has 1 aromatic heterocycles. The molecular weight excluding hydrogens is 258 g/mol. The number of rotatable bonds is 6. The van der Waals surface area contributed by atoms with Crippen molar-refractivity contribution in [1.29, 1.82) is 0 Å². The number of aromatic nitrogens is 4. The molecule has 98 valence electrons. The van der Waals surface area contributed by atoms with E-state index in [1.165, 1.54) is 0 Å². The Labute approximate surface area is 96.0 Å². The second-order valence-electron chi connectivity index (χ2n) is 2.83. The van der Waals surface area contributed by atoms with Crippen molar-refractivity contribution in [2.45, 2.75) is 5.79 Å². The summed E-state index contributed by atoms with van der Waals surface area (Å²) in [6, 6.07) is 0. The molecule has 0 fully saturated rings. The van der Waals surface area contributed by atoms with E-state index in [-0.39, 0.29) is 5.95 Å². The van der Waals surface area contributed by atoms with Gasteiger partial charge in [-0.15, -0.1) is 4.79 Å². The van der Waals surface area contributed by atoms with Crippen molar-refractivity contribution in [3.05, 3.63) is 30.3 Å². The molecule has 1 heterocycles. The molecule has 0 spiro atoms. The molecule has 0 aliphatic rings. The van der Waals surface area contributed by atoms with Crippen LogP contribution in [0, 0.1) is 30.3 Å². The molecule has 0 radical (unpaired) electrons. The average Bonchev–Trinajstić information content (AvgIpc) is 2.63. The predicted molar refractivity (Wildman–Crippen MR) is 50.2 cm³/mol. The van der Waals surface area contributed by atoms with Gasteiger partial charge < -0.3 is 5.73 Å². The third kappa shape index (κ3) is 1.90. The molecule has 0 unspecified atom stereocenters.